The minimum atomic E-state index is 0.112. The molecule has 1 N–H and O–H groups in total. The zero-order valence-electron chi connectivity index (χ0n) is 11.1. The summed E-state index contributed by atoms with van der Waals surface area (Å²) >= 11 is 12.2. The van der Waals surface area contributed by atoms with E-state index < -0.39 is 0 Å². The molecule has 1 saturated heterocycles. The molecule has 0 radical (unpaired) electrons. The maximum atomic E-state index is 6.10. The number of hydrogen-bond acceptors (Lipinski definition) is 2. The Morgan fingerprint density at radius 2 is 1.89 bits per heavy atom. The van der Waals surface area contributed by atoms with Crippen molar-refractivity contribution in [3.05, 3.63) is 28.2 Å². The summed E-state index contributed by atoms with van der Waals surface area (Å²) in [6.45, 7) is 8.61. The largest absolute Gasteiger partial charge is 0.365 e. The lowest BCUT2D eigenvalue weighted by Crippen LogP contribution is -2.61. The number of hydrogen-bond donors (Lipinski definition) is 1. The van der Waals surface area contributed by atoms with Crippen LogP contribution in [0.2, 0.25) is 10.0 Å². The molecule has 1 heterocycles. The predicted molar refractivity (Wildman–Crippen MR) is 80.0 cm³/mol. The zero-order chi connectivity index (χ0) is 13.3. The van der Waals surface area contributed by atoms with E-state index >= 15 is 0 Å². The molecule has 1 aliphatic rings. The van der Waals surface area contributed by atoms with Crippen LogP contribution in [0.4, 0.5) is 5.69 Å². The van der Waals surface area contributed by atoms with Crippen LogP contribution in [0, 0.1) is 0 Å². The quantitative estimate of drug-likeness (QED) is 0.885. The molecule has 1 aromatic carbocycles. The number of nitrogens with one attached hydrogen (secondary N) is 1. The van der Waals surface area contributed by atoms with Crippen molar-refractivity contribution in [3.63, 3.8) is 0 Å². The van der Waals surface area contributed by atoms with Gasteiger partial charge in [0.15, 0.2) is 0 Å². The van der Waals surface area contributed by atoms with Gasteiger partial charge in [-0.2, -0.15) is 0 Å². The third-order valence-electron chi connectivity index (χ3n) is 3.47. The van der Waals surface area contributed by atoms with Crippen molar-refractivity contribution in [2.45, 2.75) is 38.8 Å². The van der Waals surface area contributed by atoms with Crippen molar-refractivity contribution in [2.75, 3.05) is 18.0 Å². The first kappa shape index (κ1) is 14.0. The number of rotatable bonds is 2. The summed E-state index contributed by atoms with van der Waals surface area (Å²) in [7, 11) is 0. The van der Waals surface area contributed by atoms with E-state index in [1.807, 2.05) is 12.1 Å². The Hall–Kier alpha value is -0.440. The highest BCUT2D eigenvalue weighted by Crippen LogP contribution is 2.30. The molecular weight excluding hydrogens is 267 g/mol. The first-order valence-electron chi connectivity index (χ1n) is 6.39. The van der Waals surface area contributed by atoms with Crippen molar-refractivity contribution in [1.29, 1.82) is 0 Å². The SMILES string of the molecule is CCC1CNC(C)(C)CN1c1cc(Cl)cc(Cl)c1. The third-order valence-corrected chi connectivity index (χ3v) is 3.91. The van der Waals surface area contributed by atoms with Gasteiger partial charge >= 0.3 is 0 Å². The fourth-order valence-corrected chi connectivity index (χ4v) is 3.00. The number of piperazine rings is 1. The molecule has 0 bridgehead atoms. The second-order valence-electron chi connectivity index (χ2n) is 5.58. The highest BCUT2D eigenvalue weighted by Gasteiger charge is 2.31. The number of benzene rings is 1. The zero-order valence-corrected chi connectivity index (χ0v) is 12.6. The number of halogens is 2. The number of nitrogens with zero attached hydrogens (tertiary/aromatic N) is 1. The molecule has 1 aromatic rings. The first-order chi connectivity index (χ1) is 8.41. The van der Waals surface area contributed by atoms with Gasteiger partial charge in [-0.1, -0.05) is 30.1 Å². The number of anilines is 1. The van der Waals surface area contributed by atoms with E-state index in [1.54, 1.807) is 6.07 Å². The van der Waals surface area contributed by atoms with Crippen molar-refractivity contribution < 1.29 is 0 Å². The predicted octanol–water partition coefficient (Wildman–Crippen LogP) is 3.96. The van der Waals surface area contributed by atoms with Crippen LogP contribution in [0.15, 0.2) is 18.2 Å². The van der Waals surface area contributed by atoms with Gasteiger partial charge in [0.2, 0.25) is 0 Å². The summed E-state index contributed by atoms with van der Waals surface area (Å²) in [6, 6.07) is 6.27. The molecule has 2 rings (SSSR count). The maximum absolute atomic E-state index is 6.10. The Morgan fingerprint density at radius 1 is 1.28 bits per heavy atom. The minimum Gasteiger partial charge on any atom is -0.365 e. The van der Waals surface area contributed by atoms with Gasteiger partial charge in [-0.15, -0.1) is 0 Å². The molecule has 1 fully saturated rings. The van der Waals surface area contributed by atoms with Gasteiger partial charge in [0.25, 0.3) is 0 Å². The average molecular weight is 287 g/mol. The molecule has 1 unspecified atom stereocenters. The summed E-state index contributed by atoms with van der Waals surface area (Å²) in [5.41, 5.74) is 1.23. The van der Waals surface area contributed by atoms with Gasteiger partial charge < -0.3 is 10.2 Å². The van der Waals surface area contributed by atoms with Gasteiger partial charge in [-0.05, 0) is 38.5 Å². The van der Waals surface area contributed by atoms with Gasteiger partial charge in [-0.25, -0.2) is 0 Å². The van der Waals surface area contributed by atoms with Crippen LogP contribution in [0.3, 0.4) is 0 Å². The third kappa shape index (κ3) is 3.11. The molecule has 100 valence electrons. The lowest BCUT2D eigenvalue weighted by molar-refractivity contribution is 0.306. The first-order valence-corrected chi connectivity index (χ1v) is 7.14. The van der Waals surface area contributed by atoms with E-state index in [9.17, 15) is 0 Å². The fraction of sp³-hybridized carbons (Fsp3) is 0.571. The smallest absolute Gasteiger partial charge is 0.0441 e. The molecule has 1 aliphatic heterocycles. The van der Waals surface area contributed by atoms with Crippen LogP contribution in [0.5, 0.6) is 0 Å². The molecule has 0 aliphatic carbocycles. The molecule has 2 nitrogen and oxygen atoms in total. The van der Waals surface area contributed by atoms with Gasteiger partial charge in [0.05, 0.1) is 0 Å². The summed E-state index contributed by atoms with van der Waals surface area (Å²) in [5, 5.41) is 4.98. The monoisotopic (exact) mass is 286 g/mol. The van der Waals surface area contributed by atoms with Crippen molar-refractivity contribution in [2.24, 2.45) is 0 Å². The molecule has 18 heavy (non-hydrogen) atoms. The van der Waals surface area contributed by atoms with Gasteiger partial charge in [-0.3, -0.25) is 0 Å². The average Bonchev–Trinajstić information content (AvgIpc) is 2.26. The lowest BCUT2D eigenvalue weighted by Gasteiger charge is -2.46. The Kier molecular flexibility index (Phi) is 4.10. The van der Waals surface area contributed by atoms with Crippen LogP contribution in [0.25, 0.3) is 0 Å². The maximum Gasteiger partial charge on any atom is 0.0441 e. The van der Waals surface area contributed by atoms with Gasteiger partial charge in [0.1, 0.15) is 0 Å². The Balaban J connectivity index is 2.32. The fourth-order valence-electron chi connectivity index (χ4n) is 2.49. The van der Waals surface area contributed by atoms with Crippen LogP contribution in [-0.2, 0) is 0 Å². The highest BCUT2D eigenvalue weighted by atomic mass is 35.5. The molecule has 0 amide bonds. The Bertz CT molecular complexity index is 412. The normalized spacial score (nSPS) is 23.2. The van der Waals surface area contributed by atoms with Crippen molar-refractivity contribution in [1.82, 2.24) is 5.32 Å². The van der Waals surface area contributed by atoms with Crippen LogP contribution in [-0.4, -0.2) is 24.7 Å². The Labute approximate surface area is 119 Å². The van der Waals surface area contributed by atoms with Crippen molar-refractivity contribution >= 4 is 28.9 Å². The van der Waals surface area contributed by atoms with Crippen LogP contribution in [0.1, 0.15) is 27.2 Å². The molecule has 0 saturated carbocycles. The van der Waals surface area contributed by atoms with E-state index in [0.29, 0.717) is 16.1 Å². The second-order valence-corrected chi connectivity index (χ2v) is 6.46. The van der Waals surface area contributed by atoms with E-state index in [0.717, 1.165) is 25.2 Å². The summed E-state index contributed by atoms with van der Waals surface area (Å²) in [4.78, 5) is 2.41. The lowest BCUT2D eigenvalue weighted by atomic mass is 9.97. The molecular formula is C14H20Cl2N2. The minimum absolute atomic E-state index is 0.112. The summed E-state index contributed by atoms with van der Waals surface area (Å²) < 4.78 is 0. The molecule has 4 heteroatoms. The van der Waals surface area contributed by atoms with E-state index in [1.165, 1.54) is 0 Å². The highest BCUT2D eigenvalue weighted by molar-refractivity contribution is 6.35. The van der Waals surface area contributed by atoms with E-state index in [-0.39, 0.29) is 5.54 Å². The molecule has 0 spiro atoms. The Morgan fingerprint density at radius 3 is 2.44 bits per heavy atom. The summed E-state index contributed by atoms with van der Waals surface area (Å²) in [5.74, 6) is 0. The van der Waals surface area contributed by atoms with E-state index in [4.69, 9.17) is 23.2 Å². The van der Waals surface area contributed by atoms with Gasteiger partial charge in [0, 0.05) is 40.4 Å². The molecule has 0 aromatic heterocycles. The van der Waals surface area contributed by atoms with Crippen LogP contribution >= 0.6 is 23.2 Å². The standard InChI is InChI=1S/C14H20Cl2N2/c1-4-12-8-17-14(2,3)9-18(12)13-6-10(15)5-11(16)7-13/h5-7,12,17H,4,8-9H2,1-3H3. The second kappa shape index (κ2) is 5.28. The summed E-state index contributed by atoms with van der Waals surface area (Å²) in [6.07, 6.45) is 1.10. The van der Waals surface area contributed by atoms with Crippen molar-refractivity contribution in [3.8, 4) is 0 Å². The van der Waals surface area contributed by atoms with Crippen LogP contribution < -0.4 is 10.2 Å². The van der Waals surface area contributed by atoms with E-state index in [2.05, 4.69) is 31.0 Å². The molecule has 1 atom stereocenters. The topological polar surface area (TPSA) is 15.3 Å².